The first kappa shape index (κ1) is 11.3. The molecule has 0 spiro atoms. The van der Waals surface area contributed by atoms with Gasteiger partial charge in [0.2, 0.25) is 0 Å². The van der Waals surface area contributed by atoms with E-state index in [2.05, 4.69) is 43.3 Å². The zero-order valence-corrected chi connectivity index (χ0v) is 11.1. The lowest BCUT2D eigenvalue weighted by Gasteiger charge is -2.44. The minimum atomic E-state index is 0.640. The van der Waals surface area contributed by atoms with Crippen LogP contribution in [0, 0.1) is 5.92 Å². The van der Waals surface area contributed by atoms with Crippen LogP contribution in [0.2, 0.25) is 5.02 Å². The molecule has 0 fully saturated rings. The van der Waals surface area contributed by atoms with E-state index in [0.29, 0.717) is 17.9 Å². The van der Waals surface area contributed by atoms with Crippen molar-refractivity contribution in [2.24, 2.45) is 5.92 Å². The van der Waals surface area contributed by atoms with Crippen molar-refractivity contribution in [3.63, 3.8) is 0 Å². The van der Waals surface area contributed by atoms with Gasteiger partial charge in [0.1, 0.15) is 0 Å². The average Bonchev–Trinajstić information content (AvgIpc) is 2.27. The Kier molecular flexibility index (Phi) is 2.76. The number of fused-ring (bicyclic) bond motifs is 4. The van der Waals surface area contributed by atoms with Gasteiger partial charge >= 0.3 is 0 Å². The van der Waals surface area contributed by atoms with E-state index in [-0.39, 0.29) is 0 Å². The Morgan fingerprint density at radius 1 is 1.29 bits per heavy atom. The van der Waals surface area contributed by atoms with Gasteiger partial charge in [-0.15, -0.1) is 0 Å². The number of hydrogen-bond donors (Lipinski definition) is 0. The van der Waals surface area contributed by atoms with Crippen molar-refractivity contribution in [2.75, 3.05) is 14.1 Å². The molecule has 0 unspecified atom stereocenters. The maximum atomic E-state index is 6.10. The van der Waals surface area contributed by atoms with Crippen molar-refractivity contribution in [2.45, 2.75) is 24.8 Å². The molecule has 2 bridgehead atoms. The fourth-order valence-electron chi connectivity index (χ4n) is 3.56. The van der Waals surface area contributed by atoms with Crippen molar-refractivity contribution in [1.29, 1.82) is 0 Å². The van der Waals surface area contributed by atoms with Gasteiger partial charge in [0.15, 0.2) is 0 Å². The average molecular weight is 248 g/mol. The lowest BCUT2D eigenvalue weighted by Crippen LogP contribution is -2.45. The Morgan fingerprint density at radius 2 is 2.12 bits per heavy atom. The van der Waals surface area contributed by atoms with Crippen molar-refractivity contribution in [3.05, 3.63) is 46.5 Å². The van der Waals surface area contributed by atoms with E-state index in [1.807, 2.05) is 6.07 Å². The summed E-state index contributed by atoms with van der Waals surface area (Å²) < 4.78 is 0. The molecule has 3 rings (SSSR count). The molecular formula is C15H18ClN. The molecule has 1 aromatic rings. The number of halogens is 1. The molecule has 1 nitrogen and oxygen atoms in total. The van der Waals surface area contributed by atoms with Gasteiger partial charge in [0, 0.05) is 17.0 Å². The van der Waals surface area contributed by atoms with Crippen molar-refractivity contribution in [3.8, 4) is 0 Å². The van der Waals surface area contributed by atoms with Gasteiger partial charge in [0.25, 0.3) is 0 Å². The van der Waals surface area contributed by atoms with Crippen LogP contribution in [0.15, 0.2) is 30.4 Å². The Bertz CT molecular complexity index is 464. The third-order valence-electron chi connectivity index (χ3n) is 4.18. The van der Waals surface area contributed by atoms with Crippen molar-refractivity contribution < 1.29 is 0 Å². The summed E-state index contributed by atoms with van der Waals surface area (Å²) in [4.78, 5) is 2.39. The SMILES string of the molecule is CN(C)[C@@H]1[C@@H]2CC=C[C@H]1Cc1cc(Cl)ccc12. The maximum Gasteiger partial charge on any atom is 0.0408 e. The molecule has 1 aromatic carbocycles. The fraction of sp³-hybridized carbons (Fsp3) is 0.467. The van der Waals surface area contributed by atoms with Gasteiger partial charge in [0.05, 0.1) is 0 Å². The number of likely N-dealkylation sites (N-methyl/N-ethyl adjacent to an activating group) is 1. The van der Waals surface area contributed by atoms with Crippen LogP contribution in [0.3, 0.4) is 0 Å². The highest BCUT2D eigenvalue weighted by Gasteiger charge is 2.38. The van der Waals surface area contributed by atoms with Crippen molar-refractivity contribution in [1.82, 2.24) is 4.90 Å². The van der Waals surface area contributed by atoms with Crippen LogP contribution in [0.1, 0.15) is 23.5 Å². The first-order chi connectivity index (χ1) is 8.16. The first-order valence-electron chi connectivity index (χ1n) is 6.28. The minimum Gasteiger partial charge on any atom is -0.305 e. The fourth-order valence-corrected chi connectivity index (χ4v) is 3.76. The summed E-state index contributed by atoms with van der Waals surface area (Å²) in [5, 5.41) is 0.870. The highest BCUT2D eigenvalue weighted by molar-refractivity contribution is 6.30. The third kappa shape index (κ3) is 1.82. The zero-order chi connectivity index (χ0) is 12.0. The number of hydrogen-bond acceptors (Lipinski definition) is 1. The summed E-state index contributed by atoms with van der Waals surface area (Å²) in [6.45, 7) is 0. The molecule has 0 aromatic heterocycles. The molecule has 2 heteroatoms. The standard InChI is InChI=1S/C15H18ClN/c1-17(2)15-10-4-3-5-14(15)13-7-6-12(16)9-11(13)8-10/h3-4,6-7,9-10,14-15H,5,8H2,1-2H3/t10-,14+,15-/m0/s1. The number of benzene rings is 1. The molecule has 0 heterocycles. The van der Waals surface area contributed by atoms with E-state index in [9.17, 15) is 0 Å². The lowest BCUT2D eigenvalue weighted by molar-refractivity contribution is 0.180. The van der Waals surface area contributed by atoms with Gasteiger partial charge in [-0.2, -0.15) is 0 Å². The summed E-state index contributed by atoms with van der Waals surface area (Å²) in [5.74, 6) is 1.29. The van der Waals surface area contributed by atoms with Gasteiger partial charge in [-0.3, -0.25) is 0 Å². The van der Waals surface area contributed by atoms with Gasteiger partial charge in [-0.1, -0.05) is 29.8 Å². The summed E-state index contributed by atoms with van der Waals surface area (Å²) >= 11 is 6.10. The lowest BCUT2D eigenvalue weighted by atomic mass is 9.68. The van der Waals surface area contributed by atoms with Crippen LogP contribution >= 0.6 is 11.6 Å². The summed E-state index contributed by atoms with van der Waals surface area (Å²) in [6.07, 6.45) is 7.04. The molecule has 0 aliphatic heterocycles. The van der Waals surface area contributed by atoms with Crippen LogP contribution in [0.25, 0.3) is 0 Å². The summed E-state index contributed by atoms with van der Waals surface area (Å²) in [5.41, 5.74) is 2.96. The van der Waals surface area contributed by atoms with Crippen molar-refractivity contribution >= 4 is 11.6 Å². The molecule has 0 radical (unpaired) electrons. The second-order valence-corrected chi connectivity index (χ2v) is 5.87. The van der Waals surface area contributed by atoms with E-state index in [1.165, 1.54) is 11.1 Å². The Morgan fingerprint density at radius 3 is 2.88 bits per heavy atom. The second-order valence-electron chi connectivity index (χ2n) is 5.44. The topological polar surface area (TPSA) is 3.24 Å². The maximum absolute atomic E-state index is 6.10. The molecule has 90 valence electrons. The molecule has 3 atom stereocenters. The molecule has 0 amide bonds. The highest BCUT2D eigenvalue weighted by Crippen LogP contribution is 2.43. The summed E-state index contributed by atoms with van der Waals surface area (Å²) in [7, 11) is 4.40. The Balaban J connectivity index is 2.08. The van der Waals surface area contributed by atoms with Crippen LogP contribution < -0.4 is 0 Å². The summed E-state index contributed by atoms with van der Waals surface area (Å²) in [6, 6.07) is 7.07. The van der Waals surface area contributed by atoms with Crippen LogP contribution in [0.4, 0.5) is 0 Å². The van der Waals surface area contributed by atoms with E-state index in [0.717, 1.165) is 17.9 Å². The van der Waals surface area contributed by atoms with Crippen LogP contribution in [-0.4, -0.2) is 25.0 Å². The van der Waals surface area contributed by atoms with Gasteiger partial charge in [-0.25, -0.2) is 0 Å². The molecule has 0 saturated carbocycles. The number of allylic oxidation sites excluding steroid dienone is 1. The van der Waals surface area contributed by atoms with Crippen LogP contribution in [-0.2, 0) is 6.42 Å². The van der Waals surface area contributed by atoms with Gasteiger partial charge < -0.3 is 4.90 Å². The quantitative estimate of drug-likeness (QED) is 0.687. The smallest absolute Gasteiger partial charge is 0.0408 e. The monoisotopic (exact) mass is 247 g/mol. The van der Waals surface area contributed by atoms with E-state index in [4.69, 9.17) is 11.6 Å². The molecular weight excluding hydrogens is 230 g/mol. The van der Waals surface area contributed by atoms with Gasteiger partial charge in [-0.05, 0) is 56.1 Å². The predicted molar refractivity (Wildman–Crippen MR) is 72.6 cm³/mol. The molecule has 0 N–H and O–H groups in total. The predicted octanol–water partition coefficient (Wildman–Crippen LogP) is 3.49. The van der Waals surface area contributed by atoms with Crippen LogP contribution in [0.5, 0.6) is 0 Å². The van der Waals surface area contributed by atoms with E-state index < -0.39 is 0 Å². The Labute approximate surface area is 108 Å². The number of nitrogens with zero attached hydrogens (tertiary/aromatic N) is 1. The zero-order valence-electron chi connectivity index (χ0n) is 10.4. The largest absolute Gasteiger partial charge is 0.305 e. The normalized spacial score (nSPS) is 30.5. The Hall–Kier alpha value is -0.790. The van der Waals surface area contributed by atoms with E-state index in [1.54, 1.807) is 0 Å². The molecule has 17 heavy (non-hydrogen) atoms. The first-order valence-corrected chi connectivity index (χ1v) is 6.66. The van der Waals surface area contributed by atoms with E-state index >= 15 is 0 Å². The second kappa shape index (κ2) is 4.15. The highest BCUT2D eigenvalue weighted by atomic mass is 35.5. The molecule has 2 aliphatic carbocycles. The molecule has 0 saturated heterocycles. The third-order valence-corrected chi connectivity index (χ3v) is 4.42. The minimum absolute atomic E-state index is 0.640. The molecule has 2 aliphatic rings. The number of rotatable bonds is 1.